The van der Waals surface area contributed by atoms with Gasteiger partial charge in [0.2, 0.25) is 11.7 Å². The Bertz CT molecular complexity index is 1790. The van der Waals surface area contributed by atoms with Gasteiger partial charge < -0.3 is 14.2 Å². The lowest BCUT2D eigenvalue weighted by atomic mass is 9.51. The van der Waals surface area contributed by atoms with E-state index in [0.717, 1.165) is 22.6 Å². The highest BCUT2D eigenvalue weighted by Gasteiger charge is 2.68. The number of Topliss-reactive ketones (excluding diaryl/α,β-unsaturated/α-hetero) is 2. The topological polar surface area (TPSA) is 116 Å². The van der Waals surface area contributed by atoms with E-state index in [2.05, 4.69) is 0 Å². The van der Waals surface area contributed by atoms with E-state index in [1.165, 1.54) is 6.07 Å². The Hall–Kier alpha value is -4.86. The number of halogens is 1. The van der Waals surface area contributed by atoms with Gasteiger partial charge in [0.15, 0.2) is 5.78 Å². The van der Waals surface area contributed by atoms with E-state index >= 15 is 4.79 Å². The van der Waals surface area contributed by atoms with Gasteiger partial charge in [-0.05, 0) is 76.4 Å². The van der Waals surface area contributed by atoms with Gasteiger partial charge in [0, 0.05) is 5.92 Å². The summed E-state index contributed by atoms with van der Waals surface area (Å²) in [5.74, 6) is -7.57. The number of aryl methyl sites for hydroxylation is 1. The van der Waals surface area contributed by atoms with Crippen LogP contribution >= 0.6 is 0 Å². The molecular weight excluding hydrogens is 593 g/mol. The fourth-order valence-corrected chi connectivity index (χ4v) is 7.33. The molecule has 0 bridgehead atoms. The third kappa shape index (κ3) is 4.87. The maximum Gasteiger partial charge on any atom is 0.421 e. The van der Waals surface area contributed by atoms with Crippen molar-refractivity contribution in [3.05, 3.63) is 94.8 Å². The number of amides is 2. The third-order valence-corrected chi connectivity index (χ3v) is 8.96. The summed E-state index contributed by atoms with van der Waals surface area (Å²) in [5, 5.41) is 0. The summed E-state index contributed by atoms with van der Waals surface area (Å²) in [7, 11) is 0. The van der Waals surface area contributed by atoms with E-state index in [-0.39, 0.29) is 30.0 Å². The predicted molar refractivity (Wildman–Crippen MR) is 164 cm³/mol. The van der Waals surface area contributed by atoms with E-state index in [1.54, 1.807) is 64.1 Å². The zero-order valence-electron chi connectivity index (χ0n) is 26.2. The van der Waals surface area contributed by atoms with Gasteiger partial charge in [-0.15, -0.1) is 0 Å². The van der Waals surface area contributed by atoms with Gasteiger partial charge >= 0.3 is 12.1 Å². The number of anilines is 1. The second-order valence-corrected chi connectivity index (χ2v) is 13.0. The number of hydrogen-bond acceptors (Lipinski definition) is 8. The van der Waals surface area contributed by atoms with Crippen molar-refractivity contribution in [2.24, 2.45) is 11.8 Å². The molecule has 46 heavy (non-hydrogen) atoms. The Kier molecular flexibility index (Phi) is 7.57. The molecule has 238 valence electrons. The molecule has 3 aromatic rings. The Morgan fingerprint density at radius 3 is 2.46 bits per heavy atom. The fourth-order valence-electron chi connectivity index (χ4n) is 7.33. The molecule has 0 unspecified atom stereocenters. The molecule has 6 rings (SSSR count). The van der Waals surface area contributed by atoms with Crippen LogP contribution in [-0.4, -0.2) is 47.8 Å². The van der Waals surface area contributed by atoms with Crippen LogP contribution in [0, 0.1) is 24.6 Å². The first kappa shape index (κ1) is 31.1. The number of ketones is 2. The zero-order chi connectivity index (χ0) is 33.1. The first-order chi connectivity index (χ1) is 21.8. The summed E-state index contributed by atoms with van der Waals surface area (Å²) in [6.45, 7) is 8.37. The summed E-state index contributed by atoms with van der Waals surface area (Å²) in [6, 6.07) is 17.4. The minimum absolute atomic E-state index is 0.0320. The summed E-state index contributed by atoms with van der Waals surface area (Å²) in [4.78, 5) is 71.5. The van der Waals surface area contributed by atoms with Gasteiger partial charge in [-0.3, -0.25) is 14.4 Å². The molecule has 0 aromatic heterocycles. The van der Waals surface area contributed by atoms with Gasteiger partial charge in [0.1, 0.15) is 23.3 Å². The van der Waals surface area contributed by atoms with Crippen molar-refractivity contribution < 1.29 is 42.6 Å². The maximum absolute atomic E-state index is 15.1. The normalized spacial score (nSPS) is 24.9. The van der Waals surface area contributed by atoms with Crippen molar-refractivity contribution in [3.63, 3.8) is 0 Å². The second-order valence-electron chi connectivity index (χ2n) is 13.0. The van der Waals surface area contributed by atoms with Gasteiger partial charge in [-0.2, -0.15) is 0 Å². The molecule has 10 heteroatoms. The highest BCUT2D eigenvalue weighted by atomic mass is 19.1. The Morgan fingerprint density at radius 2 is 1.76 bits per heavy atom. The minimum Gasteiger partial charge on any atom is -0.488 e. The number of rotatable bonds is 4. The molecule has 0 N–H and O–H groups in total. The predicted octanol–water partition coefficient (Wildman–Crippen LogP) is 5.85. The number of imide groups is 1. The number of carbonyl (C=O) groups is 5. The fraction of sp³-hybridized carbons (Fsp3) is 0.361. The standard InChI is InChI=1S/C36H34FNO8/c1-6-44-32(41)30(40)27-28(20-11-9-10-19(2)16-20)36(18-23-29(39)22-17-21(37)14-15-26(22)45-31(23)27)24-12-7-8-13-25(24)38(33(36)42)34(43)46-35(3,4)5/h7-17,23,27-28,31H,6,18H2,1-5H3/t23-,27+,28-,31-,36-/m0/s1. The van der Waals surface area contributed by atoms with Crippen molar-refractivity contribution in [1.82, 2.24) is 0 Å². The van der Waals surface area contributed by atoms with Crippen LogP contribution in [0.2, 0.25) is 0 Å². The Labute approximate surface area is 265 Å². The van der Waals surface area contributed by atoms with E-state index in [0.29, 0.717) is 11.1 Å². The molecule has 1 aliphatic carbocycles. The molecule has 2 aliphatic heterocycles. The molecule has 0 radical (unpaired) electrons. The van der Waals surface area contributed by atoms with E-state index in [1.807, 2.05) is 19.1 Å². The second kappa shape index (κ2) is 11.2. The SMILES string of the molecule is CCOC(=O)C(=O)[C@@H]1[C@H]2Oc3ccc(F)cc3C(=O)[C@@H]2C[C@@]2(C(=O)N(C(=O)OC(C)(C)C)c3ccccc32)[C@H]1c1cccc(C)c1. The monoisotopic (exact) mass is 627 g/mol. The lowest BCUT2D eigenvalue weighted by Gasteiger charge is -2.52. The largest absolute Gasteiger partial charge is 0.488 e. The first-order valence-corrected chi connectivity index (χ1v) is 15.2. The van der Waals surface area contributed by atoms with E-state index < -0.39 is 70.2 Å². The molecule has 1 spiro atoms. The van der Waals surface area contributed by atoms with Gasteiger partial charge in [0.05, 0.1) is 35.1 Å². The number of hydrogen-bond donors (Lipinski definition) is 0. The molecule has 0 saturated heterocycles. The molecule has 2 amide bonds. The van der Waals surface area contributed by atoms with Crippen LogP contribution in [0.5, 0.6) is 5.75 Å². The van der Waals surface area contributed by atoms with Crippen LogP contribution < -0.4 is 9.64 Å². The maximum atomic E-state index is 15.1. The number of carbonyl (C=O) groups excluding carboxylic acids is 5. The molecule has 1 saturated carbocycles. The van der Waals surface area contributed by atoms with E-state index in [4.69, 9.17) is 14.2 Å². The van der Waals surface area contributed by atoms with Crippen LogP contribution in [0.25, 0.3) is 0 Å². The molecular formula is C36H34FNO8. The van der Waals surface area contributed by atoms with Crippen molar-refractivity contribution in [2.45, 2.75) is 64.1 Å². The number of benzene rings is 3. The first-order valence-electron chi connectivity index (χ1n) is 15.2. The summed E-state index contributed by atoms with van der Waals surface area (Å²) in [6.07, 6.45) is -2.31. The van der Waals surface area contributed by atoms with Gasteiger partial charge in [-0.25, -0.2) is 18.9 Å². The van der Waals surface area contributed by atoms with Crippen LogP contribution in [-0.2, 0) is 29.3 Å². The summed E-state index contributed by atoms with van der Waals surface area (Å²) >= 11 is 0. The highest BCUT2D eigenvalue weighted by Crippen LogP contribution is 2.61. The van der Waals surface area contributed by atoms with Crippen molar-refractivity contribution in [3.8, 4) is 5.75 Å². The number of ether oxygens (including phenoxy) is 3. The van der Waals surface area contributed by atoms with Crippen LogP contribution in [0.3, 0.4) is 0 Å². The molecule has 5 atom stereocenters. The molecule has 1 fully saturated rings. The van der Waals surface area contributed by atoms with Crippen molar-refractivity contribution in [2.75, 3.05) is 11.5 Å². The van der Waals surface area contributed by atoms with Crippen LogP contribution in [0.4, 0.5) is 14.9 Å². The smallest absolute Gasteiger partial charge is 0.421 e. The number of fused-ring (bicyclic) bond motifs is 4. The average Bonchev–Trinajstić information content (AvgIpc) is 3.24. The zero-order valence-corrected chi connectivity index (χ0v) is 26.2. The van der Waals surface area contributed by atoms with Crippen LogP contribution in [0.15, 0.2) is 66.7 Å². The van der Waals surface area contributed by atoms with Gasteiger partial charge in [0.25, 0.3) is 0 Å². The minimum atomic E-state index is -1.71. The lowest BCUT2D eigenvalue weighted by molar-refractivity contribution is -0.160. The van der Waals surface area contributed by atoms with Crippen molar-refractivity contribution >= 4 is 35.2 Å². The summed E-state index contributed by atoms with van der Waals surface area (Å²) in [5.41, 5.74) is -0.683. The number of nitrogens with zero attached hydrogens (tertiary/aromatic N) is 1. The molecule has 2 heterocycles. The van der Waals surface area contributed by atoms with Crippen molar-refractivity contribution in [1.29, 1.82) is 0 Å². The highest BCUT2D eigenvalue weighted by molar-refractivity contribution is 6.35. The number of para-hydroxylation sites is 1. The van der Waals surface area contributed by atoms with Gasteiger partial charge in [-0.1, -0.05) is 48.0 Å². The molecule has 9 nitrogen and oxygen atoms in total. The number of esters is 1. The summed E-state index contributed by atoms with van der Waals surface area (Å²) < 4.78 is 31.6. The molecule has 3 aliphatic rings. The molecule has 3 aromatic carbocycles. The third-order valence-electron chi connectivity index (χ3n) is 8.96. The Balaban J connectivity index is 1.65. The van der Waals surface area contributed by atoms with E-state index in [9.17, 15) is 23.6 Å². The van der Waals surface area contributed by atoms with Crippen LogP contribution in [0.1, 0.15) is 67.1 Å². The quantitative estimate of drug-likeness (QED) is 0.261. The lowest BCUT2D eigenvalue weighted by Crippen LogP contribution is -2.62. The average molecular weight is 628 g/mol. The Morgan fingerprint density at radius 1 is 1.02 bits per heavy atom.